The summed E-state index contributed by atoms with van der Waals surface area (Å²) >= 11 is 0. The SMILES string of the molecule is CC1OC(O[C@H]2[C@H](C)[C@@H](O)[C@](C)(O)C[C@@H](C)C(=O)[C@H](C)[C@@H](O)[C@@H](C)[C@@H](C)OC(=O)[C@@H]2C)CC(N(C)C)C1O. The molecule has 222 valence electrons. The Bertz CT molecular complexity index is 805. The molecule has 10 nitrogen and oxygen atoms in total. The Balaban J connectivity index is 2.45. The average Bonchev–Trinajstić information content (AvgIpc) is 2.84. The fourth-order valence-electron chi connectivity index (χ4n) is 5.97. The molecular formula is C28H51NO9. The molecule has 0 aliphatic carbocycles. The number of cyclic esters (lactones) is 1. The van der Waals surface area contributed by atoms with Crippen molar-refractivity contribution in [2.45, 2.75) is 123 Å². The van der Waals surface area contributed by atoms with Gasteiger partial charge < -0.3 is 39.5 Å². The Labute approximate surface area is 227 Å². The molecule has 4 unspecified atom stereocenters. The normalized spacial score (nSPS) is 48.4. The highest BCUT2D eigenvalue weighted by Crippen LogP contribution is 2.35. The Morgan fingerprint density at radius 2 is 1.47 bits per heavy atom. The molecule has 2 heterocycles. The van der Waals surface area contributed by atoms with Gasteiger partial charge in [-0.25, -0.2) is 0 Å². The summed E-state index contributed by atoms with van der Waals surface area (Å²) in [5.41, 5.74) is -1.68. The largest absolute Gasteiger partial charge is 0.462 e. The van der Waals surface area contributed by atoms with Crippen LogP contribution in [0.2, 0.25) is 0 Å². The second-order valence-electron chi connectivity index (χ2n) is 12.4. The lowest BCUT2D eigenvalue weighted by Gasteiger charge is -2.44. The van der Waals surface area contributed by atoms with E-state index in [2.05, 4.69) is 0 Å². The van der Waals surface area contributed by atoms with Gasteiger partial charge in [-0.3, -0.25) is 9.59 Å². The summed E-state index contributed by atoms with van der Waals surface area (Å²) < 4.78 is 18.0. The van der Waals surface area contributed by atoms with Gasteiger partial charge in [-0.05, 0) is 48.2 Å². The van der Waals surface area contributed by atoms with Crippen LogP contribution in [0.1, 0.15) is 68.2 Å². The van der Waals surface area contributed by atoms with Crippen LogP contribution in [0.5, 0.6) is 0 Å². The molecule has 2 saturated heterocycles. The zero-order valence-electron chi connectivity index (χ0n) is 24.7. The number of rotatable bonds is 3. The maximum Gasteiger partial charge on any atom is 0.311 e. The van der Waals surface area contributed by atoms with Crippen LogP contribution < -0.4 is 0 Å². The second-order valence-corrected chi connectivity index (χ2v) is 12.4. The van der Waals surface area contributed by atoms with Crippen LogP contribution in [-0.4, -0.2) is 106 Å². The lowest BCUT2D eigenvalue weighted by atomic mass is 9.75. The molecule has 0 amide bonds. The molecule has 38 heavy (non-hydrogen) atoms. The van der Waals surface area contributed by atoms with Crippen LogP contribution in [0.15, 0.2) is 0 Å². The van der Waals surface area contributed by atoms with Crippen molar-refractivity contribution in [3.05, 3.63) is 0 Å². The topological polar surface area (TPSA) is 146 Å². The van der Waals surface area contributed by atoms with Crippen molar-refractivity contribution in [3.8, 4) is 0 Å². The summed E-state index contributed by atoms with van der Waals surface area (Å²) in [6.45, 7) is 13.3. The van der Waals surface area contributed by atoms with Gasteiger partial charge in [0.1, 0.15) is 11.9 Å². The molecule has 0 aromatic rings. The van der Waals surface area contributed by atoms with Crippen LogP contribution in [-0.2, 0) is 23.8 Å². The number of Topliss-reactive ketones (excluding diaryl/α,β-unsaturated/α-hetero) is 1. The molecule has 2 fully saturated rings. The number of likely N-dealkylation sites (N-methyl/N-ethyl adjacent to an activating group) is 1. The standard InChI is InChI=1S/C28H51NO9/c1-13-12-28(8,35)26(33)16(4)25(38-21-11-20(29(9)10)24(32)19(7)36-21)17(5)27(34)37-18(6)14(2)23(31)15(3)22(13)30/h13-21,23-26,31-33,35H,11-12H2,1-10H3/t13-,14+,15+,16+,17-,18-,19?,20?,21?,23+,24?,25+,26-,28-/m1/s1. The molecule has 0 bridgehead atoms. The summed E-state index contributed by atoms with van der Waals surface area (Å²) in [7, 11) is 3.71. The number of carbonyl (C=O) groups excluding carboxylic acids is 2. The summed E-state index contributed by atoms with van der Waals surface area (Å²) in [4.78, 5) is 28.3. The van der Waals surface area contributed by atoms with E-state index in [1.165, 1.54) is 6.92 Å². The highest BCUT2D eigenvalue weighted by Gasteiger charge is 2.47. The number of hydrogen-bond acceptors (Lipinski definition) is 10. The minimum absolute atomic E-state index is 0.0320. The van der Waals surface area contributed by atoms with Crippen molar-refractivity contribution in [1.29, 1.82) is 0 Å². The van der Waals surface area contributed by atoms with Crippen LogP contribution in [0, 0.1) is 29.6 Å². The van der Waals surface area contributed by atoms with E-state index in [-0.39, 0.29) is 18.2 Å². The van der Waals surface area contributed by atoms with Gasteiger partial charge in [0, 0.05) is 36.1 Å². The quantitative estimate of drug-likeness (QED) is 0.383. The second kappa shape index (κ2) is 13.0. The van der Waals surface area contributed by atoms with Gasteiger partial charge in [0.05, 0.1) is 42.0 Å². The van der Waals surface area contributed by atoms with Crippen molar-refractivity contribution in [2.75, 3.05) is 14.1 Å². The molecular weight excluding hydrogens is 494 g/mol. The van der Waals surface area contributed by atoms with Gasteiger partial charge in [0.25, 0.3) is 0 Å². The first-order valence-corrected chi connectivity index (χ1v) is 13.9. The molecule has 0 aromatic carbocycles. The monoisotopic (exact) mass is 545 g/mol. The van der Waals surface area contributed by atoms with Gasteiger partial charge in [0.15, 0.2) is 6.29 Å². The Morgan fingerprint density at radius 1 is 0.895 bits per heavy atom. The van der Waals surface area contributed by atoms with E-state index in [0.29, 0.717) is 6.42 Å². The van der Waals surface area contributed by atoms with E-state index in [9.17, 15) is 30.0 Å². The molecule has 2 aliphatic rings. The summed E-state index contributed by atoms with van der Waals surface area (Å²) in [5, 5.41) is 44.1. The zero-order chi connectivity index (χ0) is 29.3. The summed E-state index contributed by atoms with van der Waals surface area (Å²) in [5.74, 6) is -4.33. The molecule has 0 radical (unpaired) electrons. The van der Waals surface area contributed by atoms with Crippen LogP contribution in [0.25, 0.3) is 0 Å². The van der Waals surface area contributed by atoms with E-state index in [1.807, 2.05) is 19.0 Å². The Kier molecular flexibility index (Phi) is 11.3. The van der Waals surface area contributed by atoms with E-state index in [1.54, 1.807) is 48.5 Å². The van der Waals surface area contributed by atoms with Gasteiger partial charge >= 0.3 is 5.97 Å². The zero-order valence-corrected chi connectivity index (χ0v) is 24.7. The van der Waals surface area contributed by atoms with Crippen molar-refractivity contribution >= 4 is 11.8 Å². The van der Waals surface area contributed by atoms with E-state index >= 15 is 0 Å². The van der Waals surface area contributed by atoms with Crippen LogP contribution in [0.3, 0.4) is 0 Å². The van der Waals surface area contributed by atoms with Gasteiger partial charge in [0.2, 0.25) is 0 Å². The fraction of sp³-hybridized carbons (Fsp3) is 0.929. The lowest BCUT2D eigenvalue weighted by Crippen LogP contribution is -2.56. The average molecular weight is 546 g/mol. The van der Waals surface area contributed by atoms with E-state index in [4.69, 9.17) is 14.2 Å². The number of hydrogen-bond donors (Lipinski definition) is 4. The van der Waals surface area contributed by atoms with E-state index < -0.39 is 84.1 Å². The molecule has 2 rings (SSSR count). The summed E-state index contributed by atoms with van der Waals surface area (Å²) in [6, 6.07) is -0.246. The van der Waals surface area contributed by atoms with Crippen molar-refractivity contribution < 1.29 is 44.2 Å². The number of esters is 1. The number of carbonyl (C=O) groups is 2. The minimum Gasteiger partial charge on any atom is -0.462 e. The first-order valence-electron chi connectivity index (χ1n) is 13.9. The Morgan fingerprint density at radius 3 is 2.03 bits per heavy atom. The lowest BCUT2D eigenvalue weighted by molar-refractivity contribution is -0.268. The molecule has 2 aliphatic heterocycles. The highest BCUT2D eigenvalue weighted by atomic mass is 16.7. The first-order chi connectivity index (χ1) is 17.4. The van der Waals surface area contributed by atoms with Crippen molar-refractivity contribution in [3.63, 3.8) is 0 Å². The van der Waals surface area contributed by atoms with Gasteiger partial charge in [-0.2, -0.15) is 0 Å². The summed E-state index contributed by atoms with van der Waals surface area (Å²) in [6.07, 6.45) is -5.74. The number of nitrogens with zero attached hydrogens (tertiary/aromatic N) is 1. The van der Waals surface area contributed by atoms with E-state index in [0.717, 1.165) is 0 Å². The predicted molar refractivity (Wildman–Crippen MR) is 141 cm³/mol. The molecule has 10 heteroatoms. The third-order valence-corrected chi connectivity index (χ3v) is 8.91. The molecule has 4 N–H and O–H groups in total. The first kappa shape index (κ1) is 33.1. The van der Waals surface area contributed by atoms with Crippen molar-refractivity contribution in [2.24, 2.45) is 29.6 Å². The maximum absolute atomic E-state index is 13.3. The Hall–Kier alpha value is -1.14. The number of aliphatic hydroxyl groups excluding tert-OH is 3. The molecule has 0 spiro atoms. The molecule has 14 atom stereocenters. The predicted octanol–water partition coefficient (Wildman–Crippen LogP) is 1.36. The molecule has 0 saturated carbocycles. The maximum atomic E-state index is 13.3. The fourth-order valence-corrected chi connectivity index (χ4v) is 5.97. The molecule has 0 aromatic heterocycles. The van der Waals surface area contributed by atoms with Crippen molar-refractivity contribution in [1.82, 2.24) is 4.90 Å². The number of ether oxygens (including phenoxy) is 3. The third-order valence-electron chi connectivity index (χ3n) is 8.91. The minimum atomic E-state index is -1.68. The third kappa shape index (κ3) is 7.33. The highest BCUT2D eigenvalue weighted by molar-refractivity contribution is 5.83. The van der Waals surface area contributed by atoms with Crippen LogP contribution >= 0.6 is 0 Å². The number of ketones is 1. The smallest absolute Gasteiger partial charge is 0.311 e. The van der Waals surface area contributed by atoms with Crippen LogP contribution in [0.4, 0.5) is 0 Å². The van der Waals surface area contributed by atoms with Gasteiger partial charge in [-0.15, -0.1) is 0 Å². The number of aliphatic hydroxyl groups is 4. The van der Waals surface area contributed by atoms with Gasteiger partial charge in [-0.1, -0.05) is 27.7 Å².